The van der Waals surface area contributed by atoms with Crippen LogP contribution >= 0.6 is 0 Å². The lowest BCUT2D eigenvalue weighted by atomic mass is 9.96. The Morgan fingerprint density at radius 2 is 1.61 bits per heavy atom. The number of sulfonamides is 1. The van der Waals surface area contributed by atoms with E-state index in [9.17, 15) is 17.6 Å². The second kappa shape index (κ2) is 9.75. The molecule has 162 valence electrons. The van der Waals surface area contributed by atoms with Crippen molar-refractivity contribution in [1.82, 2.24) is 5.32 Å². The van der Waals surface area contributed by atoms with Crippen LogP contribution in [0.3, 0.4) is 0 Å². The fourth-order valence-electron chi connectivity index (χ4n) is 3.23. The van der Waals surface area contributed by atoms with Crippen molar-refractivity contribution in [1.29, 1.82) is 0 Å². The molecule has 0 fully saturated rings. The van der Waals surface area contributed by atoms with E-state index in [1.165, 1.54) is 42.5 Å². The van der Waals surface area contributed by atoms with E-state index in [4.69, 9.17) is 0 Å². The Balaban J connectivity index is 1.83. The zero-order valence-corrected chi connectivity index (χ0v) is 18.2. The third-order valence-corrected chi connectivity index (χ3v) is 6.10. The Kier molecular flexibility index (Phi) is 7.07. The molecule has 0 heterocycles. The molecule has 0 bridgehead atoms. The summed E-state index contributed by atoms with van der Waals surface area (Å²) in [6.45, 7) is 4.15. The van der Waals surface area contributed by atoms with Gasteiger partial charge in [-0.15, -0.1) is 0 Å². The molecule has 1 atom stereocenters. The number of rotatable bonds is 8. The van der Waals surface area contributed by atoms with Gasteiger partial charge in [0, 0.05) is 5.56 Å². The largest absolute Gasteiger partial charge is 0.345 e. The van der Waals surface area contributed by atoms with Crippen molar-refractivity contribution < 1.29 is 17.6 Å². The van der Waals surface area contributed by atoms with Crippen molar-refractivity contribution in [2.24, 2.45) is 5.92 Å². The van der Waals surface area contributed by atoms with Gasteiger partial charge in [-0.2, -0.15) is 0 Å². The topological polar surface area (TPSA) is 75.3 Å². The Bertz CT molecular complexity index is 1150. The highest BCUT2D eigenvalue weighted by molar-refractivity contribution is 7.92. The van der Waals surface area contributed by atoms with Gasteiger partial charge in [-0.3, -0.25) is 9.52 Å². The molecule has 0 saturated carbocycles. The molecule has 0 aliphatic carbocycles. The number of anilines is 1. The summed E-state index contributed by atoms with van der Waals surface area (Å²) < 4.78 is 41.5. The average Bonchev–Trinajstić information content (AvgIpc) is 2.75. The highest BCUT2D eigenvalue weighted by Crippen LogP contribution is 2.23. The summed E-state index contributed by atoms with van der Waals surface area (Å²) >= 11 is 0. The number of amides is 1. The molecular formula is C24H25FN2O3S. The third kappa shape index (κ3) is 5.92. The first kappa shape index (κ1) is 22.5. The Morgan fingerprint density at radius 1 is 0.935 bits per heavy atom. The lowest BCUT2D eigenvalue weighted by molar-refractivity contribution is 0.0931. The predicted octanol–water partition coefficient (Wildman–Crippen LogP) is 5.14. The number of benzene rings is 3. The average molecular weight is 441 g/mol. The molecule has 1 amide bonds. The smallest absolute Gasteiger partial charge is 0.262 e. The minimum absolute atomic E-state index is 0.122. The van der Waals surface area contributed by atoms with Crippen molar-refractivity contribution in [2.75, 3.05) is 4.72 Å². The molecule has 3 aromatic carbocycles. The van der Waals surface area contributed by atoms with Gasteiger partial charge in [0.25, 0.3) is 15.9 Å². The summed E-state index contributed by atoms with van der Waals surface area (Å²) in [5.74, 6) is -0.709. The monoisotopic (exact) mass is 440 g/mol. The van der Waals surface area contributed by atoms with Gasteiger partial charge in [0.2, 0.25) is 0 Å². The Hall–Kier alpha value is -3.19. The maximum Gasteiger partial charge on any atom is 0.262 e. The maximum atomic E-state index is 13.9. The lowest BCUT2D eigenvalue weighted by Gasteiger charge is -2.21. The molecule has 0 aliphatic rings. The van der Waals surface area contributed by atoms with E-state index in [-0.39, 0.29) is 28.1 Å². The summed E-state index contributed by atoms with van der Waals surface area (Å²) in [7, 11) is -4.06. The first-order chi connectivity index (χ1) is 14.8. The normalized spacial score (nSPS) is 12.4. The van der Waals surface area contributed by atoms with Gasteiger partial charge in [-0.25, -0.2) is 12.8 Å². The summed E-state index contributed by atoms with van der Waals surface area (Å²) in [5, 5.41) is 3.00. The van der Waals surface area contributed by atoms with E-state index < -0.39 is 15.8 Å². The SMILES string of the molecule is CC(C)C[C@H](NC(=O)c1cccc(S(=O)(=O)Nc2ccccc2F)c1)c1ccccc1. The van der Waals surface area contributed by atoms with Gasteiger partial charge in [0.1, 0.15) is 5.82 Å². The van der Waals surface area contributed by atoms with Gasteiger partial charge in [-0.1, -0.05) is 62.4 Å². The van der Waals surface area contributed by atoms with Crippen LogP contribution in [0.15, 0.2) is 83.8 Å². The summed E-state index contributed by atoms with van der Waals surface area (Å²) in [5.41, 5.74) is 1.04. The number of halogens is 1. The van der Waals surface area contributed by atoms with Crippen LogP contribution in [-0.2, 0) is 10.0 Å². The van der Waals surface area contributed by atoms with E-state index in [1.807, 2.05) is 30.3 Å². The van der Waals surface area contributed by atoms with E-state index in [0.29, 0.717) is 5.92 Å². The minimum Gasteiger partial charge on any atom is -0.345 e. The number of para-hydroxylation sites is 1. The Morgan fingerprint density at radius 3 is 2.29 bits per heavy atom. The molecule has 0 radical (unpaired) electrons. The van der Waals surface area contributed by atoms with Crippen molar-refractivity contribution in [3.05, 3.63) is 95.8 Å². The van der Waals surface area contributed by atoms with Crippen LogP contribution in [0.2, 0.25) is 0 Å². The number of hydrogen-bond donors (Lipinski definition) is 2. The van der Waals surface area contributed by atoms with Gasteiger partial charge in [-0.05, 0) is 48.2 Å². The molecule has 0 aliphatic heterocycles. The zero-order chi connectivity index (χ0) is 22.4. The second-order valence-electron chi connectivity index (χ2n) is 7.68. The fourth-order valence-corrected chi connectivity index (χ4v) is 4.34. The number of nitrogens with one attached hydrogen (secondary N) is 2. The van der Waals surface area contributed by atoms with Crippen LogP contribution in [0.1, 0.15) is 42.2 Å². The molecule has 0 spiro atoms. The minimum atomic E-state index is -4.06. The van der Waals surface area contributed by atoms with Crippen LogP contribution < -0.4 is 10.0 Å². The van der Waals surface area contributed by atoms with Crippen LogP contribution in [0, 0.1) is 11.7 Å². The van der Waals surface area contributed by atoms with E-state index >= 15 is 0 Å². The number of carbonyl (C=O) groups is 1. The number of hydrogen-bond acceptors (Lipinski definition) is 3. The van der Waals surface area contributed by atoms with Crippen molar-refractivity contribution >= 4 is 21.6 Å². The van der Waals surface area contributed by atoms with Crippen molar-refractivity contribution in [2.45, 2.75) is 31.2 Å². The second-order valence-corrected chi connectivity index (χ2v) is 9.36. The Labute approximate surface area is 182 Å². The fraction of sp³-hybridized carbons (Fsp3) is 0.208. The molecule has 0 aromatic heterocycles. The highest BCUT2D eigenvalue weighted by Gasteiger charge is 2.20. The van der Waals surface area contributed by atoms with Crippen molar-refractivity contribution in [3.8, 4) is 0 Å². The zero-order valence-electron chi connectivity index (χ0n) is 17.4. The first-order valence-corrected chi connectivity index (χ1v) is 11.5. The van der Waals surface area contributed by atoms with Gasteiger partial charge < -0.3 is 5.32 Å². The van der Waals surface area contributed by atoms with Crippen molar-refractivity contribution in [3.63, 3.8) is 0 Å². The first-order valence-electron chi connectivity index (χ1n) is 9.99. The lowest BCUT2D eigenvalue weighted by Crippen LogP contribution is -2.29. The maximum absolute atomic E-state index is 13.9. The van der Waals surface area contributed by atoms with E-state index in [2.05, 4.69) is 23.9 Å². The molecule has 2 N–H and O–H groups in total. The third-order valence-electron chi connectivity index (χ3n) is 4.74. The molecule has 5 nitrogen and oxygen atoms in total. The van der Waals surface area contributed by atoms with Crippen LogP contribution in [0.4, 0.5) is 10.1 Å². The van der Waals surface area contributed by atoms with Crippen LogP contribution in [0.5, 0.6) is 0 Å². The predicted molar refractivity (Wildman–Crippen MR) is 120 cm³/mol. The summed E-state index contributed by atoms with van der Waals surface area (Å²) in [6.07, 6.45) is 0.739. The van der Waals surface area contributed by atoms with Crippen LogP contribution in [-0.4, -0.2) is 14.3 Å². The standard InChI is InChI=1S/C24H25FN2O3S/c1-17(2)15-23(18-9-4-3-5-10-18)26-24(28)19-11-8-12-20(16-19)31(29,30)27-22-14-7-6-13-21(22)25/h3-14,16-17,23,27H,15H2,1-2H3,(H,26,28)/t23-/m0/s1. The van der Waals surface area contributed by atoms with Gasteiger partial charge in [0.05, 0.1) is 16.6 Å². The van der Waals surface area contributed by atoms with Gasteiger partial charge >= 0.3 is 0 Å². The summed E-state index contributed by atoms with van der Waals surface area (Å²) in [6, 6.07) is 20.6. The van der Waals surface area contributed by atoms with Crippen LogP contribution in [0.25, 0.3) is 0 Å². The molecule has 0 unspecified atom stereocenters. The molecule has 0 saturated heterocycles. The van der Waals surface area contributed by atoms with Gasteiger partial charge in [0.15, 0.2) is 0 Å². The molecular weight excluding hydrogens is 415 g/mol. The highest BCUT2D eigenvalue weighted by atomic mass is 32.2. The van der Waals surface area contributed by atoms with E-state index in [0.717, 1.165) is 12.0 Å². The summed E-state index contributed by atoms with van der Waals surface area (Å²) in [4.78, 5) is 12.8. The molecule has 3 aromatic rings. The molecule has 31 heavy (non-hydrogen) atoms. The number of carbonyl (C=O) groups excluding carboxylic acids is 1. The van der Waals surface area contributed by atoms with E-state index in [1.54, 1.807) is 6.07 Å². The molecule has 3 rings (SSSR count). The quantitative estimate of drug-likeness (QED) is 0.509. The molecule has 7 heteroatoms.